The van der Waals surface area contributed by atoms with Gasteiger partial charge in [0.15, 0.2) is 5.82 Å². The highest BCUT2D eigenvalue weighted by molar-refractivity contribution is 5.52. The Bertz CT molecular complexity index is 503. The summed E-state index contributed by atoms with van der Waals surface area (Å²) in [6.07, 6.45) is 1.72. The Hall–Kier alpha value is -2.09. The summed E-state index contributed by atoms with van der Waals surface area (Å²) < 4.78 is 6.78. The monoisotopic (exact) mass is 188 g/mol. The second-order valence-corrected chi connectivity index (χ2v) is 2.98. The van der Waals surface area contributed by atoms with Crippen LogP contribution in [0.25, 0.3) is 11.6 Å². The largest absolute Gasteiger partial charge is 0.345 e. The van der Waals surface area contributed by atoms with Crippen LogP contribution in [-0.2, 0) is 7.05 Å². The van der Waals surface area contributed by atoms with Gasteiger partial charge < -0.3 is 9.09 Å². The summed E-state index contributed by atoms with van der Waals surface area (Å²) in [5.74, 6) is 1.02. The summed E-state index contributed by atoms with van der Waals surface area (Å²) in [5.41, 5.74) is 1.33. The van der Waals surface area contributed by atoms with E-state index in [1.54, 1.807) is 23.8 Å². The molecular weight excluding hydrogens is 180 g/mol. The Labute approximate surface area is 80.6 Å². The van der Waals surface area contributed by atoms with Crippen molar-refractivity contribution in [2.24, 2.45) is 7.05 Å². The summed E-state index contributed by atoms with van der Waals surface area (Å²) in [7, 11) is 1.83. The van der Waals surface area contributed by atoms with Crippen molar-refractivity contribution in [1.82, 2.24) is 14.7 Å². The first-order valence-electron chi connectivity index (χ1n) is 4.08. The zero-order valence-electron chi connectivity index (χ0n) is 7.85. The van der Waals surface area contributed by atoms with E-state index in [4.69, 9.17) is 9.78 Å². The second-order valence-electron chi connectivity index (χ2n) is 2.98. The van der Waals surface area contributed by atoms with Gasteiger partial charge in [-0.2, -0.15) is 10.2 Å². The van der Waals surface area contributed by atoms with E-state index in [2.05, 4.69) is 16.2 Å². The molecule has 5 nitrogen and oxygen atoms in total. The van der Waals surface area contributed by atoms with Crippen LogP contribution in [0.5, 0.6) is 0 Å². The van der Waals surface area contributed by atoms with Crippen LogP contribution in [0.15, 0.2) is 16.8 Å². The Balaban J connectivity index is 2.52. The molecule has 2 rings (SSSR count). The Morgan fingerprint density at radius 2 is 2.36 bits per heavy atom. The van der Waals surface area contributed by atoms with Crippen LogP contribution in [0.1, 0.15) is 11.4 Å². The molecule has 0 unspecified atom stereocenters. The molecule has 5 heteroatoms. The van der Waals surface area contributed by atoms with E-state index in [-0.39, 0.29) is 0 Å². The maximum Gasteiger partial charge on any atom is 0.274 e. The molecule has 0 aromatic carbocycles. The van der Waals surface area contributed by atoms with E-state index in [9.17, 15) is 0 Å². The number of nitriles is 1. The van der Waals surface area contributed by atoms with Crippen LogP contribution in [0, 0.1) is 18.3 Å². The van der Waals surface area contributed by atoms with Gasteiger partial charge in [-0.3, -0.25) is 0 Å². The molecule has 0 aliphatic heterocycles. The van der Waals surface area contributed by atoms with Crippen molar-refractivity contribution in [3.8, 4) is 17.7 Å². The molecule has 0 radical (unpaired) electrons. The van der Waals surface area contributed by atoms with Crippen LogP contribution >= 0.6 is 0 Å². The van der Waals surface area contributed by atoms with E-state index >= 15 is 0 Å². The van der Waals surface area contributed by atoms with Gasteiger partial charge in [0.25, 0.3) is 5.89 Å². The lowest BCUT2D eigenvalue weighted by Gasteiger charge is -1.93. The highest BCUT2D eigenvalue weighted by Crippen LogP contribution is 2.18. The van der Waals surface area contributed by atoms with E-state index in [1.165, 1.54) is 0 Å². The summed E-state index contributed by atoms with van der Waals surface area (Å²) >= 11 is 0. The third-order valence-electron chi connectivity index (χ3n) is 1.88. The van der Waals surface area contributed by atoms with Crippen molar-refractivity contribution >= 4 is 0 Å². The minimum atomic E-state index is 0.437. The molecule has 0 aliphatic carbocycles. The molecule has 0 aliphatic rings. The zero-order chi connectivity index (χ0) is 10.1. The van der Waals surface area contributed by atoms with Gasteiger partial charge in [-0.1, -0.05) is 5.16 Å². The lowest BCUT2D eigenvalue weighted by Crippen LogP contribution is -1.88. The Morgan fingerprint density at radius 1 is 1.57 bits per heavy atom. The van der Waals surface area contributed by atoms with Crippen molar-refractivity contribution in [3.63, 3.8) is 0 Å². The average Bonchev–Trinajstić information content (AvgIpc) is 2.71. The van der Waals surface area contributed by atoms with Gasteiger partial charge >= 0.3 is 0 Å². The van der Waals surface area contributed by atoms with Crippen molar-refractivity contribution in [1.29, 1.82) is 5.26 Å². The third-order valence-corrected chi connectivity index (χ3v) is 1.88. The molecule has 0 saturated heterocycles. The SMILES string of the molecule is Cc1noc(-c2cc(C#N)cn2C)n1. The predicted molar refractivity (Wildman–Crippen MR) is 48.2 cm³/mol. The van der Waals surface area contributed by atoms with E-state index in [0.717, 1.165) is 5.69 Å². The minimum absolute atomic E-state index is 0.437. The molecule has 14 heavy (non-hydrogen) atoms. The molecule has 2 aromatic heterocycles. The number of hydrogen-bond acceptors (Lipinski definition) is 4. The van der Waals surface area contributed by atoms with Crippen LogP contribution in [0.4, 0.5) is 0 Å². The van der Waals surface area contributed by atoms with E-state index < -0.39 is 0 Å². The first-order chi connectivity index (χ1) is 6.70. The van der Waals surface area contributed by atoms with Gasteiger partial charge in [0.1, 0.15) is 11.8 Å². The normalized spacial score (nSPS) is 10.1. The maximum absolute atomic E-state index is 8.70. The molecule has 0 N–H and O–H groups in total. The number of hydrogen-bond donors (Lipinski definition) is 0. The van der Waals surface area contributed by atoms with Gasteiger partial charge in [-0.15, -0.1) is 0 Å². The molecule has 0 saturated carbocycles. The fourth-order valence-corrected chi connectivity index (χ4v) is 1.24. The predicted octanol–water partition coefficient (Wildman–Crippen LogP) is 1.26. The van der Waals surface area contributed by atoms with Crippen LogP contribution in [-0.4, -0.2) is 14.7 Å². The highest BCUT2D eigenvalue weighted by Gasteiger charge is 2.11. The van der Waals surface area contributed by atoms with E-state index in [0.29, 0.717) is 17.3 Å². The zero-order valence-corrected chi connectivity index (χ0v) is 7.85. The van der Waals surface area contributed by atoms with Gasteiger partial charge in [0.05, 0.1) is 5.56 Å². The van der Waals surface area contributed by atoms with Crippen LogP contribution < -0.4 is 0 Å². The standard InChI is InChI=1S/C9H8N4O/c1-6-11-9(14-12-6)8-3-7(4-10)5-13(8)2/h3,5H,1-2H3. The van der Waals surface area contributed by atoms with Gasteiger partial charge in [0, 0.05) is 13.2 Å². The average molecular weight is 188 g/mol. The quantitative estimate of drug-likeness (QED) is 0.675. The second kappa shape index (κ2) is 3.00. The minimum Gasteiger partial charge on any atom is -0.345 e. The Kier molecular flexibility index (Phi) is 1.82. The number of aromatic nitrogens is 3. The lowest BCUT2D eigenvalue weighted by atomic mass is 10.3. The fraction of sp³-hybridized carbons (Fsp3) is 0.222. The molecule has 0 fully saturated rings. The molecule has 2 heterocycles. The topological polar surface area (TPSA) is 67.6 Å². The highest BCUT2D eigenvalue weighted by atomic mass is 16.5. The number of rotatable bonds is 1. The van der Waals surface area contributed by atoms with Crippen molar-refractivity contribution in [3.05, 3.63) is 23.7 Å². The molecule has 0 bridgehead atoms. The summed E-state index contributed by atoms with van der Waals surface area (Å²) in [4.78, 5) is 4.08. The summed E-state index contributed by atoms with van der Waals surface area (Å²) in [6, 6.07) is 3.77. The van der Waals surface area contributed by atoms with Crippen molar-refractivity contribution in [2.75, 3.05) is 0 Å². The van der Waals surface area contributed by atoms with Crippen LogP contribution in [0.3, 0.4) is 0 Å². The van der Waals surface area contributed by atoms with Gasteiger partial charge in [-0.05, 0) is 13.0 Å². The smallest absolute Gasteiger partial charge is 0.274 e. The maximum atomic E-state index is 8.70. The first kappa shape index (κ1) is 8.51. The lowest BCUT2D eigenvalue weighted by molar-refractivity contribution is 0.423. The molecule has 2 aromatic rings. The molecule has 0 amide bonds. The van der Waals surface area contributed by atoms with Gasteiger partial charge in [0.2, 0.25) is 0 Å². The van der Waals surface area contributed by atoms with Crippen LogP contribution in [0.2, 0.25) is 0 Å². The molecule has 0 atom stereocenters. The van der Waals surface area contributed by atoms with Gasteiger partial charge in [-0.25, -0.2) is 0 Å². The Morgan fingerprint density at radius 3 is 2.86 bits per heavy atom. The molecule has 0 spiro atoms. The summed E-state index contributed by atoms with van der Waals surface area (Å²) in [6.45, 7) is 1.75. The number of aryl methyl sites for hydroxylation is 2. The van der Waals surface area contributed by atoms with Crippen molar-refractivity contribution in [2.45, 2.75) is 6.92 Å². The molecular formula is C9H8N4O. The van der Waals surface area contributed by atoms with E-state index in [1.807, 2.05) is 7.05 Å². The first-order valence-corrected chi connectivity index (χ1v) is 4.08. The number of nitrogens with zero attached hydrogens (tertiary/aromatic N) is 4. The summed E-state index contributed by atoms with van der Waals surface area (Å²) in [5, 5.41) is 12.4. The van der Waals surface area contributed by atoms with Crippen molar-refractivity contribution < 1.29 is 4.52 Å². The third kappa shape index (κ3) is 1.27. The molecule has 70 valence electrons. The fourth-order valence-electron chi connectivity index (χ4n) is 1.24.